The van der Waals surface area contributed by atoms with Crippen molar-refractivity contribution >= 4 is 5.97 Å². The Hall–Kier alpha value is -1.63. The number of nitrogens with two attached hydrogens (primary N) is 1. The van der Waals surface area contributed by atoms with E-state index in [0.717, 1.165) is 48.8 Å². The number of nitrogens with zero attached hydrogens (tertiary/aromatic N) is 2. The lowest BCUT2D eigenvalue weighted by Crippen LogP contribution is -2.49. The van der Waals surface area contributed by atoms with E-state index in [1.807, 2.05) is 20.8 Å². The minimum absolute atomic E-state index is 0.302. The fourth-order valence-corrected chi connectivity index (χ4v) is 8.47. The van der Waals surface area contributed by atoms with Crippen LogP contribution in [-0.2, 0) is 16.0 Å². The number of benzene rings is 1. The maximum absolute atomic E-state index is 12.1. The summed E-state index contributed by atoms with van der Waals surface area (Å²) in [7, 11) is 6.75. The third-order valence-electron chi connectivity index (χ3n) is 10.4. The van der Waals surface area contributed by atoms with Crippen molar-refractivity contribution in [2.45, 2.75) is 122 Å². The van der Waals surface area contributed by atoms with Gasteiger partial charge in [0.05, 0.1) is 6.61 Å². The zero-order chi connectivity index (χ0) is 29.8. The monoisotopic (exact) mass is 569 g/mol. The van der Waals surface area contributed by atoms with E-state index in [0.29, 0.717) is 18.4 Å². The number of unbranched alkanes of at least 4 members (excludes halogenated alkanes) is 2. The highest BCUT2D eigenvalue weighted by molar-refractivity contribution is 5.75. The second kappa shape index (κ2) is 13.8. The van der Waals surface area contributed by atoms with Crippen LogP contribution in [0.2, 0.25) is 0 Å². The molecule has 6 heteroatoms. The van der Waals surface area contributed by atoms with E-state index in [1.165, 1.54) is 63.6 Å². The lowest BCUT2D eigenvalue weighted by molar-refractivity contribution is -0.156. The summed E-state index contributed by atoms with van der Waals surface area (Å²) in [5.74, 6) is 3.12. The van der Waals surface area contributed by atoms with E-state index in [-0.39, 0.29) is 5.97 Å². The van der Waals surface area contributed by atoms with Crippen LogP contribution < -0.4 is 10.5 Å². The maximum Gasteiger partial charge on any atom is 0.323 e. The minimum atomic E-state index is -0.540. The van der Waals surface area contributed by atoms with Gasteiger partial charge in [-0.25, -0.2) is 0 Å². The molecule has 0 aromatic heterocycles. The highest BCUT2D eigenvalue weighted by atomic mass is 16.6. The van der Waals surface area contributed by atoms with Crippen LogP contribution in [0.5, 0.6) is 5.75 Å². The Morgan fingerprint density at radius 3 is 2.56 bits per heavy atom. The summed E-state index contributed by atoms with van der Waals surface area (Å²) >= 11 is 0. The number of hydrogen-bond donors (Lipinski definition) is 1. The summed E-state index contributed by atoms with van der Waals surface area (Å²) in [5.41, 5.74) is 9.12. The third-order valence-corrected chi connectivity index (χ3v) is 10.4. The van der Waals surface area contributed by atoms with Crippen molar-refractivity contribution in [3.05, 3.63) is 29.3 Å². The van der Waals surface area contributed by atoms with Crippen molar-refractivity contribution in [2.24, 2.45) is 23.0 Å². The Bertz CT molecular complexity index is 1000. The van der Waals surface area contributed by atoms with Crippen molar-refractivity contribution in [3.8, 4) is 5.75 Å². The largest absolute Gasteiger partial charge is 0.494 e. The summed E-state index contributed by atoms with van der Waals surface area (Å²) < 4.78 is 11.6. The first-order valence-corrected chi connectivity index (χ1v) is 16.5. The summed E-state index contributed by atoms with van der Waals surface area (Å²) in [6.07, 6.45) is 12.8. The van der Waals surface area contributed by atoms with Gasteiger partial charge in [0.2, 0.25) is 0 Å². The summed E-state index contributed by atoms with van der Waals surface area (Å²) in [6.45, 7) is 11.3. The lowest BCUT2D eigenvalue weighted by Gasteiger charge is -2.52. The second-order valence-corrected chi connectivity index (χ2v) is 14.9. The van der Waals surface area contributed by atoms with Crippen LogP contribution in [0.1, 0.15) is 109 Å². The fourth-order valence-electron chi connectivity index (χ4n) is 8.47. The lowest BCUT2D eigenvalue weighted by atomic mass is 9.55. The zero-order valence-corrected chi connectivity index (χ0v) is 27.2. The molecule has 6 nitrogen and oxygen atoms in total. The zero-order valence-electron chi connectivity index (χ0n) is 27.2. The molecule has 6 atom stereocenters. The SMILES string of the molecule is CN(C)CCCN(C)[C@H]1CC[C@H]2[C@@H]3CCc4cc(OCCCCCC(N)C(=O)OC(C)(C)C)ccc4[C@H]3CC[C@]12C. The summed E-state index contributed by atoms with van der Waals surface area (Å²) in [6, 6.07) is 7.13. The minimum Gasteiger partial charge on any atom is -0.494 e. The highest BCUT2D eigenvalue weighted by Crippen LogP contribution is 2.61. The summed E-state index contributed by atoms with van der Waals surface area (Å²) in [5, 5.41) is 0. The standard InChI is InChI=1S/C35H59N3O3/c1-34(2,3)41-33(39)31(36)12-9-8-10-23-40-26-14-16-27-25(24-26)13-15-29-28(27)19-20-35(4)30(29)17-18-32(35)38(7)22-11-21-37(5)6/h14,16,24,28-32H,8-13,15,17-23,36H2,1-7H3/t28-,29-,30+,31?,32+,35+/m1/s1. The van der Waals surface area contributed by atoms with Crippen LogP contribution >= 0.6 is 0 Å². The van der Waals surface area contributed by atoms with Crippen LogP contribution in [-0.4, -0.2) is 74.3 Å². The van der Waals surface area contributed by atoms with Gasteiger partial charge in [-0.3, -0.25) is 4.79 Å². The quantitative estimate of drug-likeness (QED) is 0.219. The van der Waals surface area contributed by atoms with E-state index in [1.54, 1.807) is 5.56 Å². The van der Waals surface area contributed by atoms with E-state index in [2.05, 4.69) is 56.1 Å². The molecule has 0 aliphatic heterocycles. The van der Waals surface area contributed by atoms with Crippen LogP contribution in [0, 0.1) is 17.3 Å². The van der Waals surface area contributed by atoms with Crippen molar-refractivity contribution in [3.63, 3.8) is 0 Å². The molecule has 4 rings (SSSR count). The molecule has 0 saturated heterocycles. The molecule has 2 saturated carbocycles. The van der Waals surface area contributed by atoms with Gasteiger partial charge in [0.25, 0.3) is 0 Å². The van der Waals surface area contributed by atoms with E-state index in [4.69, 9.17) is 15.2 Å². The van der Waals surface area contributed by atoms with Gasteiger partial charge in [0, 0.05) is 6.04 Å². The Kier molecular flexibility index (Phi) is 10.8. The number of fused-ring (bicyclic) bond motifs is 5. The Morgan fingerprint density at radius 2 is 1.83 bits per heavy atom. The number of carbonyl (C=O) groups excluding carboxylic acids is 1. The number of carbonyl (C=O) groups is 1. The molecule has 0 bridgehead atoms. The molecule has 0 heterocycles. The smallest absolute Gasteiger partial charge is 0.323 e. The molecule has 3 aliphatic rings. The van der Waals surface area contributed by atoms with Gasteiger partial charge in [0.1, 0.15) is 17.4 Å². The molecule has 3 aliphatic carbocycles. The van der Waals surface area contributed by atoms with Crippen molar-refractivity contribution in [1.82, 2.24) is 9.80 Å². The predicted octanol–water partition coefficient (Wildman–Crippen LogP) is 6.40. The topological polar surface area (TPSA) is 68.0 Å². The average molecular weight is 570 g/mol. The molecule has 232 valence electrons. The number of aryl methyl sites for hydroxylation is 1. The van der Waals surface area contributed by atoms with Gasteiger partial charge >= 0.3 is 5.97 Å². The molecule has 1 aromatic carbocycles. The number of ether oxygens (including phenoxy) is 2. The molecule has 41 heavy (non-hydrogen) atoms. The van der Waals surface area contributed by atoms with Gasteiger partial charge in [-0.2, -0.15) is 0 Å². The molecule has 0 spiro atoms. The highest BCUT2D eigenvalue weighted by Gasteiger charge is 2.55. The van der Waals surface area contributed by atoms with Crippen LogP contribution in [0.4, 0.5) is 0 Å². The van der Waals surface area contributed by atoms with Gasteiger partial charge in [-0.15, -0.1) is 0 Å². The number of rotatable bonds is 13. The van der Waals surface area contributed by atoms with Gasteiger partial charge in [0.15, 0.2) is 0 Å². The van der Waals surface area contributed by atoms with Crippen LogP contribution in [0.3, 0.4) is 0 Å². The van der Waals surface area contributed by atoms with Gasteiger partial charge in [-0.05, 0) is 166 Å². The molecule has 2 fully saturated rings. The van der Waals surface area contributed by atoms with Crippen molar-refractivity contribution in [2.75, 3.05) is 40.8 Å². The van der Waals surface area contributed by atoms with E-state index in [9.17, 15) is 4.79 Å². The first kappa shape index (κ1) is 32.3. The number of esters is 1. The summed E-state index contributed by atoms with van der Waals surface area (Å²) in [4.78, 5) is 17.1. The first-order valence-electron chi connectivity index (χ1n) is 16.5. The Morgan fingerprint density at radius 1 is 1.05 bits per heavy atom. The van der Waals surface area contributed by atoms with Crippen LogP contribution in [0.15, 0.2) is 18.2 Å². The molecular formula is C35H59N3O3. The van der Waals surface area contributed by atoms with Gasteiger partial charge < -0.3 is 25.0 Å². The molecule has 0 amide bonds. The molecular weight excluding hydrogens is 510 g/mol. The fraction of sp³-hybridized carbons (Fsp3) is 0.800. The molecule has 0 radical (unpaired) electrons. The van der Waals surface area contributed by atoms with Crippen molar-refractivity contribution < 1.29 is 14.3 Å². The van der Waals surface area contributed by atoms with E-state index < -0.39 is 11.6 Å². The molecule has 1 unspecified atom stereocenters. The first-order chi connectivity index (χ1) is 19.4. The maximum atomic E-state index is 12.1. The Balaban J connectivity index is 1.24. The predicted molar refractivity (Wildman–Crippen MR) is 168 cm³/mol. The second-order valence-electron chi connectivity index (χ2n) is 14.9. The molecule has 2 N–H and O–H groups in total. The van der Waals surface area contributed by atoms with Gasteiger partial charge in [-0.1, -0.05) is 19.4 Å². The Labute approximate surface area is 250 Å². The van der Waals surface area contributed by atoms with Crippen LogP contribution in [0.25, 0.3) is 0 Å². The normalized spacial score (nSPS) is 28.2. The van der Waals surface area contributed by atoms with Crippen molar-refractivity contribution in [1.29, 1.82) is 0 Å². The average Bonchev–Trinajstić information content (AvgIpc) is 3.26. The molecule has 1 aromatic rings. The third kappa shape index (κ3) is 8.06. The number of hydrogen-bond acceptors (Lipinski definition) is 6. The van der Waals surface area contributed by atoms with E-state index >= 15 is 0 Å².